The number of nitrogens with zero attached hydrogens (tertiary/aromatic N) is 1. The minimum atomic E-state index is -0.210. The van der Waals surface area contributed by atoms with Crippen molar-refractivity contribution in [2.24, 2.45) is 0 Å². The summed E-state index contributed by atoms with van der Waals surface area (Å²) in [5.41, 5.74) is 2.11. The quantitative estimate of drug-likeness (QED) is 0.839. The van der Waals surface area contributed by atoms with Gasteiger partial charge in [-0.15, -0.1) is 0 Å². The number of rotatable bonds is 2. The second-order valence-electron chi connectivity index (χ2n) is 5.30. The van der Waals surface area contributed by atoms with Crippen molar-refractivity contribution in [1.82, 2.24) is 4.90 Å². The number of aliphatic hydroxyl groups excluding tert-OH is 1. The van der Waals surface area contributed by atoms with E-state index >= 15 is 0 Å². The lowest BCUT2D eigenvalue weighted by Crippen LogP contribution is -2.52. The normalized spacial score (nSPS) is 25.8. The van der Waals surface area contributed by atoms with Gasteiger partial charge in [0.05, 0.1) is 31.8 Å². The van der Waals surface area contributed by atoms with Gasteiger partial charge in [0.15, 0.2) is 0 Å². The van der Waals surface area contributed by atoms with E-state index in [1.807, 2.05) is 24.3 Å². The number of carbonyl (C=O) groups excluding carboxylic acids is 1. The fraction of sp³-hybridized carbons (Fsp3) is 0.533. The number of nitrogens with one attached hydrogen (secondary N) is 1. The van der Waals surface area contributed by atoms with Gasteiger partial charge in [0.25, 0.3) is 0 Å². The van der Waals surface area contributed by atoms with Crippen LogP contribution < -0.4 is 5.32 Å². The molecule has 2 atom stereocenters. The van der Waals surface area contributed by atoms with E-state index in [2.05, 4.69) is 5.32 Å². The standard InChI is InChI=1S/C15H20N2O3/c18-9-11-10-20-8-7-17(11)15(19)13-5-6-16-14-4-2-1-3-12(13)14/h1-4,11,13,16,18H,5-10H2. The minimum absolute atomic E-state index is 0.0433. The minimum Gasteiger partial charge on any atom is -0.394 e. The first-order valence-electron chi connectivity index (χ1n) is 7.13. The molecule has 1 fully saturated rings. The van der Waals surface area contributed by atoms with Crippen molar-refractivity contribution >= 4 is 11.6 Å². The van der Waals surface area contributed by atoms with E-state index in [1.165, 1.54) is 0 Å². The lowest BCUT2D eigenvalue weighted by Gasteiger charge is -2.38. The van der Waals surface area contributed by atoms with Gasteiger partial charge >= 0.3 is 0 Å². The molecule has 2 unspecified atom stereocenters. The van der Waals surface area contributed by atoms with Gasteiger partial charge in [-0.05, 0) is 18.1 Å². The number of amides is 1. The van der Waals surface area contributed by atoms with Crippen molar-refractivity contribution in [3.8, 4) is 0 Å². The molecule has 2 aliphatic rings. The van der Waals surface area contributed by atoms with E-state index in [0.29, 0.717) is 19.8 Å². The molecule has 0 bridgehead atoms. The predicted octanol–water partition coefficient (Wildman–Crippen LogP) is 0.805. The van der Waals surface area contributed by atoms with Crippen molar-refractivity contribution in [2.45, 2.75) is 18.4 Å². The number of anilines is 1. The molecule has 2 heterocycles. The number of carbonyl (C=O) groups is 1. The van der Waals surface area contributed by atoms with E-state index < -0.39 is 0 Å². The number of ether oxygens (including phenoxy) is 1. The first-order chi connectivity index (χ1) is 9.81. The van der Waals surface area contributed by atoms with Crippen LogP contribution in [0.3, 0.4) is 0 Å². The summed E-state index contributed by atoms with van der Waals surface area (Å²) in [5, 5.41) is 12.7. The van der Waals surface area contributed by atoms with Gasteiger partial charge < -0.3 is 20.1 Å². The second-order valence-corrected chi connectivity index (χ2v) is 5.30. The highest BCUT2D eigenvalue weighted by Gasteiger charge is 2.34. The summed E-state index contributed by atoms with van der Waals surface area (Å²) in [6, 6.07) is 7.76. The summed E-state index contributed by atoms with van der Waals surface area (Å²) in [6.45, 7) is 2.31. The zero-order chi connectivity index (χ0) is 13.9. The van der Waals surface area contributed by atoms with Crippen molar-refractivity contribution in [2.75, 3.05) is 38.2 Å². The third kappa shape index (κ3) is 2.39. The monoisotopic (exact) mass is 276 g/mol. The highest BCUT2D eigenvalue weighted by atomic mass is 16.5. The molecule has 2 aliphatic heterocycles. The van der Waals surface area contributed by atoms with Crippen LogP contribution in [0.15, 0.2) is 24.3 Å². The van der Waals surface area contributed by atoms with Gasteiger partial charge in [0.1, 0.15) is 0 Å². The first kappa shape index (κ1) is 13.4. The molecule has 1 saturated heterocycles. The number of para-hydroxylation sites is 1. The Labute approximate surface area is 118 Å². The molecule has 0 radical (unpaired) electrons. The molecule has 2 N–H and O–H groups in total. The summed E-state index contributed by atoms with van der Waals surface area (Å²) in [5.74, 6) is 0.000833. The molecule has 1 amide bonds. The highest BCUT2D eigenvalue weighted by molar-refractivity contribution is 5.86. The maximum Gasteiger partial charge on any atom is 0.230 e. The molecule has 0 aromatic heterocycles. The number of hydrogen-bond acceptors (Lipinski definition) is 4. The maximum atomic E-state index is 12.8. The van der Waals surface area contributed by atoms with Crippen LogP contribution in [-0.2, 0) is 9.53 Å². The lowest BCUT2D eigenvalue weighted by atomic mass is 9.89. The van der Waals surface area contributed by atoms with Crippen LogP contribution in [0.4, 0.5) is 5.69 Å². The van der Waals surface area contributed by atoms with Crippen molar-refractivity contribution in [1.29, 1.82) is 0 Å². The van der Waals surface area contributed by atoms with Crippen LogP contribution in [0.2, 0.25) is 0 Å². The molecule has 3 rings (SSSR count). The molecule has 20 heavy (non-hydrogen) atoms. The van der Waals surface area contributed by atoms with Crippen molar-refractivity contribution in [3.63, 3.8) is 0 Å². The summed E-state index contributed by atoms with van der Waals surface area (Å²) in [4.78, 5) is 14.6. The molecule has 0 saturated carbocycles. The second kappa shape index (κ2) is 5.81. The first-order valence-corrected chi connectivity index (χ1v) is 7.13. The van der Waals surface area contributed by atoms with E-state index in [1.54, 1.807) is 4.90 Å². The zero-order valence-electron chi connectivity index (χ0n) is 11.4. The van der Waals surface area contributed by atoms with Crippen molar-refractivity contribution in [3.05, 3.63) is 29.8 Å². The Kier molecular flexibility index (Phi) is 3.89. The third-order valence-corrected chi connectivity index (χ3v) is 4.10. The van der Waals surface area contributed by atoms with Crippen LogP contribution >= 0.6 is 0 Å². The Bertz CT molecular complexity index is 492. The summed E-state index contributed by atoms with van der Waals surface area (Å²) in [6.07, 6.45) is 0.797. The molecule has 0 aliphatic carbocycles. The number of benzene rings is 1. The maximum absolute atomic E-state index is 12.8. The van der Waals surface area contributed by atoms with E-state index in [-0.39, 0.29) is 24.5 Å². The van der Waals surface area contributed by atoms with Crippen LogP contribution in [-0.4, -0.2) is 54.9 Å². The fourth-order valence-corrected chi connectivity index (χ4v) is 3.02. The fourth-order valence-electron chi connectivity index (χ4n) is 3.02. The largest absolute Gasteiger partial charge is 0.394 e. The van der Waals surface area contributed by atoms with E-state index in [4.69, 9.17) is 4.74 Å². The average Bonchev–Trinajstić information content (AvgIpc) is 2.53. The SMILES string of the molecule is O=C(C1CCNc2ccccc21)N1CCOCC1CO. The Morgan fingerprint density at radius 2 is 2.30 bits per heavy atom. The average molecular weight is 276 g/mol. The van der Waals surface area contributed by atoms with Crippen LogP contribution in [0.5, 0.6) is 0 Å². The molecule has 108 valence electrons. The number of aliphatic hydroxyl groups is 1. The molecule has 0 spiro atoms. The number of morpholine rings is 1. The third-order valence-electron chi connectivity index (χ3n) is 4.10. The van der Waals surface area contributed by atoms with Crippen molar-refractivity contribution < 1.29 is 14.6 Å². The molecular weight excluding hydrogens is 256 g/mol. The topological polar surface area (TPSA) is 61.8 Å². The highest BCUT2D eigenvalue weighted by Crippen LogP contribution is 2.33. The number of fused-ring (bicyclic) bond motifs is 1. The van der Waals surface area contributed by atoms with Gasteiger partial charge in [-0.1, -0.05) is 18.2 Å². The Balaban J connectivity index is 1.84. The van der Waals surface area contributed by atoms with E-state index in [0.717, 1.165) is 24.2 Å². The van der Waals surface area contributed by atoms with Gasteiger partial charge in [0, 0.05) is 18.8 Å². The summed E-state index contributed by atoms with van der Waals surface area (Å²) >= 11 is 0. The van der Waals surface area contributed by atoms with E-state index in [9.17, 15) is 9.90 Å². The van der Waals surface area contributed by atoms with Gasteiger partial charge in [-0.2, -0.15) is 0 Å². The molecule has 5 nitrogen and oxygen atoms in total. The summed E-state index contributed by atoms with van der Waals surface area (Å²) < 4.78 is 5.34. The molecule has 1 aromatic carbocycles. The van der Waals surface area contributed by atoms with Gasteiger partial charge in [-0.3, -0.25) is 4.79 Å². The predicted molar refractivity (Wildman–Crippen MR) is 75.7 cm³/mol. The van der Waals surface area contributed by atoms with Gasteiger partial charge in [-0.25, -0.2) is 0 Å². The molecule has 1 aromatic rings. The molecular formula is C15H20N2O3. The number of hydrogen-bond donors (Lipinski definition) is 2. The zero-order valence-corrected chi connectivity index (χ0v) is 11.4. The van der Waals surface area contributed by atoms with Gasteiger partial charge in [0.2, 0.25) is 5.91 Å². The lowest BCUT2D eigenvalue weighted by molar-refractivity contribution is -0.143. The van der Waals surface area contributed by atoms with Crippen LogP contribution in [0, 0.1) is 0 Å². The Hall–Kier alpha value is -1.59. The van der Waals surface area contributed by atoms with Crippen LogP contribution in [0.25, 0.3) is 0 Å². The Morgan fingerprint density at radius 1 is 1.45 bits per heavy atom. The smallest absolute Gasteiger partial charge is 0.230 e. The Morgan fingerprint density at radius 3 is 3.15 bits per heavy atom. The molecule has 5 heteroatoms. The summed E-state index contributed by atoms with van der Waals surface area (Å²) in [7, 11) is 0. The van der Waals surface area contributed by atoms with Crippen LogP contribution in [0.1, 0.15) is 17.9 Å².